The first-order chi connectivity index (χ1) is 11.0. The molecule has 5 nitrogen and oxygen atoms in total. The van der Waals surface area contributed by atoms with Gasteiger partial charge in [-0.2, -0.15) is 0 Å². The first-order valence-electron chi connectivity index (χ1n) is 8.06. The minimum absolute atomic E-state index is 0.0851. The van der Waals surface area contributed by atoms with E-state index in [2.05, 4.69) is 23.7 Å². The lowest BCUT2D eigenvalue weighted by atomic mass is 10.1. The quantitative estimate of drug-likeness (QED) is 0.945. The van der Waals surface area contributed by atoms with Crippen LogP contribution < -0.4 is 10.2 Å². The van der Waals surface area contributed by atoms with Crippen molar-refractivity contribution in [1.82, 2.24) is 9.88 Å². The second-order valence-electron chi connectivity index (χ2n) is 6.39. The van der Waals surface area contributed by atoms with Gasteiger partial charge in [0.25, 0.3) is 0 Å². The summed E-state index contributed by atoms with van der Waals surface area (Å²) in [5.41, 5.74) is 2.58. The van der Waals surface area contributed by atoms with E-state index in [9.17, 15) is 4.79 Å². The fraction of sp³-hybridized carbons (Fsp3) is 0.500. The molecule has 1 aromatic heterocycles. The summed E-state index contributed by atoms with van der Waals surface area (Å²) < 4.78 is 11.1. The van der Waals surface area contributed by atoms with Crippen LogP contribution in [0.25, 0.3) is 10.9 Å². The highest BCUT2D eigenvalue weighted by atomic mass is 16.5. The SMILES string of the molecule is COc1cccc2c(=O)c(CN3CC(C)OC(C)C3)c(C)[nH]c12. The summed E-state index contributed by atoms with van der Waals surface area (Å²) in [7, 11) is 1.62. The second kappa shape index (κ2) is 6.34. The highest BCUT2D eigenvalue weighted by Gasteiger charge is 2.24. The Morgan fingerprint density at radius 1 is 1.30 bits per heavy atom. The summed E-state index contributed by atoms with van der Waals surface area (Å²) in [6, 6.07) is 5.57. The number of fused-ring (bicyclic) bond motifs is 1. The van der Waals surface area contributed by atoms with Crippen molar-refractivity contribution in [3.63, 3.8) is 0 Å². The summed E-state index contributed by atoms with van der Waals surface area (Å²) in [6.07, 6.45) is 0.386. The number of para-hydroxylation sites is 1. The van der Waals surface area contributed by atoms with Gasteiger partial charge in [-0.15, -0.1) is 0 Å². The van der Waals surface area contributed by atoms with Gasteiger partial charge in [0.2, 0.25) is 0 Å². The van der Waals surface area contributed by atoms with Gasteiger partial charge in [-0.05, 0) is 32.9 Å². The van der Waals surface area contributed by atoms with E-state index in [0.29, 0.717) is 17.7 Å². The molecule has 124 valence electrons. The third-order valence-corrected chi connectivity index (χ3v) is 4.41. The average Bonchev–Trinajstić information content (AvgIpc) is 2.50. The van der Waals surface area contributed by atoms with Crippen LogP contribution in [0, 0.1) is 6.92 Å². The number of aromatic nitrogens is 1. The molecule has 0 radical (unpaired) electrons. The number of nitrogens with zero attached hydrogens (tertiary/aromatic N) is 1. The number of ether oxygens (including phenoxy) is 2. The third-order valence-electron chi connectivity index (χ3n) is 4.41. The van der Waals surface area contributed by atoms with Crippen molar-refractivity contribution in [2.75, 3.05) is 20.2 Å². The number of hydrogen-bond donors (Lipinski definition) is 1. The predicted molar refractivity (Wildman–Crippen MR) is 91.1 cm³/mol. The Morgan fingerprint density at radius 2 is 2.00 bits per heavy atom. The number of morpholine rings is 1. The van der Waals surface area contributed by atoms with E-state index >= 15 is 0 Å². The summed E-state index contributed by atoms with van der Waals surface area (Å²) in [5, 5.41) is 0.680. The molecule has 0 amide bonds. The van der Waals surface area contributed by atoms with Crippen LogP contribution in [0.2, 0.25) is 0 Å². The molecule has 5 heteroatoms. The molecule has 2 atom stereocenters. The Kier molecular flexibility index (Phi) is 4.41. The third kappa shape index (κ3) is 3.12. The molecular weight excluding hydrogens is 292 g/mol. The number of rotatable bonds is 3. The van der Waals surface area contributed by atoms with Crippen LogP contribution in [-0.4, -0.2) is 42.3 Å². The minimum atomic E-state index is 0.0851. The molecule has 0 saturated carbocycles. The van der Waals surface area contributed by atoms with Crippen LogP contribution in [-0.2, 0) is 11.3 Å². The topological polar surface area (TPSA) is 54.6 Å². The number of aryl methyl sites for hydroxylation is 1. The van der Waals surface area contributed by atoms with Gasteiger partial charge in [0.1, 0.15) is 5.75 Å². The Balaban J connectivity index is 2.00. The standard InChI is InChI=1S/C18H24N2O3/c1-11-8-20(9-12(2)23-11)10-15-13(3)19-17-14(18(15)21)6-5-7-16(17)22-4/h5-7,11-12H,8-10H2,1-4H3,(H,19,21). The van der Waals surface area contributed by atoms with E-state index < -0.39 is 0 Å². The molecule has 0 bridgehead atoms. The molecule has 3 rings (SSSR count). The van der Waals surface area contributed by atoms with Crippen LogP contribution in [0.3, 0.4) is 0 Å². The molecule has 2 unspecified atom stereocenters. The maximum absolute atomic E-state index is 12.9. The fourth-order valence-electron chi connectivity index (χ4n) is 3.44. The lowest BCUT2D eigenvalue weighted by molar-refractivity contribution is -0.0706. The van der Waals surface area contributed by atoms with Crippen LogP contribution in [0.5, 0.6) is 5.75 Å². The molecule has 2 aromatic rings. The van der Waals surface area contributed by atoms with Gasteiger partial charge < -0.3 is 14.5 Å². The number of hydrogen-bond acceptors (Lipinski definition) is 4. The van der Waals surface area contributed by atoms with Crippen molar-refractivity contribution in [3.05, 3.63) is 39.7 Å². The van der Waals surface area contributed by atoms with Gasteiger partial charge >= 0.3 is 0 Å². The second-order valence-corrected chi connectivity index (χ2v) is 6.39. The van der Waals surface area contributed by atoms with Crippen molar-refractivity contribution in [3.8, 4) is 5.75 Å². The van der Waals surface area contributed by atoms with Crippen LogP contribution in [0.4, 0.5) is 0 Å². The maximum Gasteiger partial charge on any atom is 0.194 e. The highest BCUT2D eigenvalue weighted by Crippen LogP contribution is 2.23. The zero-order chi connectivity index (χ0) is 16.6. The Bertz CT molecular complexity index is 759. The number of benzene rings is 1. The summed E-state index contributed by atoms with van der Waals surface area (Å²) in [4.78, 5) is 18.6. The van der Waals surface area contributed by atoms with Crippen LogP contribution >= 0.6 is 0 Å². The first kappa shape index (κ1) is 16.0. The first-order valence-corrected chi connectivity index (χ1v) is 8.06. The molecule has 0 aliphatic carbocycles. The molecule has 1 N–H and O–H groups in total. The Labute approximate surface area is 136 Å². The number of pyridine rings is 1. The highest BCUT2D eigenvalue weighted by molar-refractivity contribution is 5.85. The smallest absolute Gasteiger partial charge is 0.194 e. The van der Waals surface area contributed by atoms with E-state index in [1.54, 1.807) is 7.11 Å². The number of H-pyrrole nitrogens is 1. The summed E-state index contributed by atoms with van der Waals surface area (Å²) in [6.45, 7) is 8.44. The molecule has 23 heavy (non-hydrogen) atoms. The van der Waals surface area contributed by atoms with E-state index in [4.69, 9.17) is 9.47 Å². The van der Waals surface area contributed by atoms with Gasteiger partial charge in [0, 0.05) is 36.3 Å². The van der Waals surface area contributed by atoms with Crippen molar-refractivity contribution >= 4 is 10.9 Å². The lowest BCUT2D eigenvalue weighted by Crippen LogP contribution is -2.45. The molecule has 2 heterocycles. The minimum Gasteiger partial charge on any atom is -0.495 e. The Morgan fingerprint density at radius 3 is 2.65 bits per heavy atom. The largest absolute Gasteiger partial charge is 0.495 e. The number of nitrogens with one attached hydrogen (secondary N) is 1. The van der Waals surface area contributed by atoms with Gasteiger partial charge in [-0.1, -0.05) is 6.07 Å². The lowest BCUT2D eigenvalue weighted by Gasteiger charge is -2.35. The van der Waals surface area contributed by atoms with Crippen LogP contribution in [0.15, 0.2) is 23.0 Å². The molecule has 1 aliphatic heterocycles. The van der Waals surface area contributed by atoms with Gasteiger partial charge in [0.05, 0.1) is 24.8 Å². The zero-order valence-electron chi connectivity index (χ0n) is 14.2. The molecule has 1 aliphatic rings. The van der Waals surface area contributed by atoms with Crippen molar-refractivity contribution in [2.24, 2.45) is 0 Å². The molecule has 1 aromatic carbocycles. The van der Waals surface area contributed by atoms with Gasteiger partial charge in [-0.3, -0.25) is 9.69 Å². The number of aromatic amines is 1. The summed E-state index contributed by atoms with van der Waals surface area (Å²) in [5.74, 6) is 0.697. The van der Waals surface area contributed by atoms with Gasteiger partial charge in [-0.25, -0.2) is 0 Å². The maximum atomic E-state index is 12.9. The summed E-state index contributed by atoms with van der Waals surface area (Å²) >= 11 is 0. The van der Waals surface area contributed by atoms with E-state index in [0.717, 1.165) is 29.9 Å². The fourth-order valence-corrected chi connectivity index (χ4v) is 3.44. The predicted octanol–water partition coefficient (Wildman–Crippen LogP) is 2.45. The normalized spacial score (nSPS) is 22.4. The van der Waals surface area contributed by atoms with E-state index in [1.807, 2.05) is 25.1 Å². The monoisotopic (exact) mass is 316 g/mol. The molecule has 0 spiro atoms. The molecule has 1 saturated heterocycles. The van der Waals surface area contributed by atoms with Crippen LogP contribution in [0.1, 0.15) is 25.1 Å². The van der Waals surface area contributed by atoms with Crippen molar-refractivity contribution in [1.29, 1.82) is 0 Å². The van der Waals surface area contributed by atoms with E-state index in [-0.39, 0.29) is 17.6 Å². The van der Waals surface area contributed by atoms with Gasteiger partial charge in [0.15, 0.2) is 5.43 Å². The van der Waals surface area contributed by atoms with Crippen molar-refractivity contribution in [2.45, 2.75) is 39.5 Å². The Hall–Kier alpha value is -1.85. The van der Waals surface area contributed by atoms with Crippen molar-refractivity contribution < 1.29 is 9.47 Å². The van der Waals surface area contributed by atoms with E-state index in [1.165, 1.54) is 0 Å². The zero-order valence-corrected chi connectivity index (χ0v) is 14.2. The molecule has 1 fully saturated rings. The average molecular weight is 316 g/mol. The number of methoxy groups -OCH3 is 1. The molecular formula is C18H24N2O3.